The van der Waals surface area contributed by atoms with Crippen molar-refractivity contribution < 1.29 is 4.74 Å². The first-order valence-corrected chi connectivity index (χ1v) is 6.43. The van der Waals surface area contributed by atoms with Crippen molar-refractivity contribution in [3.05, 3.63) is 27.3 Å². The molecule has 1 fully saturated rings. The van der Waals surface area contributed by atoms with Crippen LogP contribution in [0.4, 0.5) is 0 Å². The van der Waals surface area contributed by atoms with Gasteiger partial charge in [-0.15, -0.1) is 12.4 Å². The van der Waals surface area contributed by atoms with Crippen LogP contribution in [0.3, 0.4) is 0 Å². The third-order valence-corrected chi connectivity index (χ3v) is 3.44. The Morgan fingerprint density at radius 1 is 1.50 bits per heavy atom. The van der Waals surface area contributed by atoms with Crippen molar-refractivity contribution in [3.8, 4) is 5.75 Å². The van der Waals surface area contributed by atoms with Crippen LogP contribution in [0.2, 0.25) is 0 Å². The van der Waals surface area contributed by atoms with Gasteiger partial charge in [-0.2, -0.15) is 0 Å². The normalized spacial score (nSPS) is 19.2. The molecule has 1 aromatic carbocycles. The van der Waals surface area contributed by atoms with E-state index >= 15 is 0 Å². The van der Waals surface area contributed by atoms with E-state index in [1.54, 1.807) is 0 Å². The Bertz CT molecular complexity index is 340. The minimum atomic E-state index is 0. The summed E-state index contributed by atoms with van der Waals surface area (Å²) < 4.78 is 7.10. The van der Waals surface area contributed by atoms with Gasteiger partial charge in [0.05, 0.1) is 6.61 Å². The molecular weight excluding hydrogens is 336 g/mol. The fourth-order valence-corrected chi connectivity index (χ4v) is 2.49. The molecule has 1 aliphatic rings. The van der Waals surface area contributed by atoms with Crippen LogP contribution >= 0.6 is 35.0 Å². The van der Waals surface area contributed by atoms with E-state index in [9.17, 15) is 0 Å². The van der Waals surface area contributed by atoms with Crippen LogP contribution in [0.1, 0.15) is 12.0 Å². The number of benzene rings is 1. The SMILES string of the molecule is Cc1cc(I)ccc1OC[C@@H]1CCNC1.Cl. The molecule has 16 heavy (non-hydrogen) atoms. The van der Waals surface area contributed by atoms with Gasteiger partial charge in [-0.25, -0.2) is 0 Å². The summed E-state index contributed by atoms with van der Waals surface area (Å²) >= 11 is 2.32. The second kappa shape index (κ2) is 6.67. The lowest BCUT2D eigenvalue weighted by atomic mass is 10.1. The first-order valence-electron chi connectivity index (χ1n) is 5.35. The Labute approximate surface area is 117 Å². The van der Waals surface area contributed by atoms with Crippen molar-refractivity contribution in [1.82, 2.24) is 5.32 Å². The lowest BCUT2D eigenvalue weighted by Crippen LogP contribution is -2.15. The molecule has 0 saturated carbocycles. The van der Waals surface area contributed by atoms with Crippen molar-refractivity contribution in [2.24, 2.45) is 5.92 Å². The summed E-state index contributed by atoms with van der Waals surface area (Å²) in [6.07, 6.45) is 1.24. The van der Waals surface area contributed by atoms with Gasteiger partial charge in [-0.1, -0.05) is 0 Å². The van der Waals surface area contributed by atoms with Gasteiger partial charge in [-0.3, -0.25) is 0 Å². The Kier molecular flexibility index (Phi) is 5.86. The van der Waals surface area contributed by atoms with Crippen molar-refractivity contribution in [2.75, 3.05) is 19.7 Å². The molecule has 2 nitrogen and oxygen atoms in total. The first kappa shape index (κ1) is 14.1. The molecule has 0 unspecified atom stereocenters. The molecule has 90 valence electrons. The fraction of sp³-hybridized carbons (Fsp3) is 0.500. The number of ether oxygens (including phenoxy) is 1. The van der Waals surface area contributed by atoms with Crippen LogP contribution in [0, 0.1) is 16.4 Å². The molecule has 1 aromatic rings. The molecule has 0 aliphatic carbocycles. The fourth-order valence-electron chi connectivity index (χ4n) is 1.84. The molecule has 1 saturated heterocycles. The van der Waals surface area contributed by atoms with E-state index in [1.807, 2.05) is 0 Å². The van der Waals surface area contributed by atoms with Gasteiger partial charge < -0.3 is 10.1 Å². The van der Waals surface area contributed by atoms with E-state index in [2.05, 4.69) is 53.0 Å². The highest BCUT2D eigenvalue weighted by Crippen LogP contribution is 2.21. The Morgan fingerprint density at radius 3 is 2.94 bits per heavy atom. The molecule has 1 atom stereocenters. The minimum absolute atomic E-state index is 0. The van der Waals surface area contributed by atoms with Crippen LogP contribution in [0.15, 0.2) is 18.2 Å². The van der Waals surface area contributed by atoms with Gasteiger partial charge in [0.15, 0.2) is 0 Å². The number of hydrogen-bond acceptors (Lipinski definition) is 2. The molecule has 1 N–H and O–H groups in total. The Morgan fingerprint density at radius 2 is 2.31 bits per heavy atom. The standard InChI is InChI=1S/C12H16INO.ClH/c1-9-6-11(13)2-3-12(9)15-8-10-4-5-14-7-10;/h2-3,6,10,14H,4-5,7-8H2,1H3;1H/t10-;/m1./s1. The maximum atomic E-state index is 5.83. The maximum absolute atomic E-state index is 5.83. The third kappa shape index (κ3) is 3.79. The molecule has 0 spiro atoms. The van der Waals surface area contributed by atoms with E-state index < -0.39 is 0 Å². The highest BCUT2D eigenvalue weighted by molar-refractivity contribution is 14.1. The van der Waals surface area contributed by atoms with Crippen molar-refractivity contribution >= 4 is 35.0 Å². The number of halogens is 2. The molecule has 1 heterocycles. The predicted molar refractivity (Wildman–Crippen MR) is 77.6 cm³/mol. The summed E-state index contributed by atoms with van der Waals surface area (Å²) in [7, 11) is 0. The monoisotopic (exact) mass is 353 g/mol. The molecular formula is C12H17ClINO. The summed E-state index contributed by atoms with van der Waals surface area (Å²) in [6.45, 7) is 5.18. The number of rotatable bonds is 3. The summed E-state index contributed by atoms with van der Waals surface area (Å²) in [4.78, 5) is 0. The average Bonchev–Trinajstić information content (AvgIpc) is 2.69. The Balaban J connectivity index is 0.00000128. The van der Waals surface area contributed by atoms with Crippen LogP contribution in [0.25, 0.3) is 0 Å². The van der Waals surface area contributed by atoms with E-state index in [0.717, 1.165) is 25.4 Å². The third-order valence-electron chi connectivity index (χ3n) is 2.77. The van der Waals surface area contributed by atoms with Crippen molar-refractivity contribution in [2.45, 2.75) is 13.3 Å². The predicted octanol–water partition coefficient (Wildman–Crippen LogP) is 3.01. The minimum Gasteiger partial charge on any atom is -0.493 e. The topological polar surface area (TPSA) is 21.3 Å². The van der Waals surface area contributed by atoms with Gasteiger partial charge in [0, 0.05) is 16.0 Å². The second-order valence-electron chi connectivity index (χ2n) is 4.08. The van der Waals surface area contributed by atoms with Gasteiger partial charge in [0.25, 0.3) is 0 Å². The number of nitrogens with one attached hydrogen (secondary N) is 1. The van der Waals surface area contributed by atoms with E-state index in [-0.39, 0.29) is 12.4 Å². The summed E-state index contributed by atoms with van der Waals surface area (Å²) in [6, 6.07) is 6.32. The molecule has 1 aliphatic heterocycles. The smallest absolute Gasteiger partial charge is 0.122 e. The zero-order valence-electron chi connectivity index (χ0n) is 9.33. The maximum Gasteiger partial charge on any atom is 0.122 e. The molecule has 4 heteroatoms. The van der Waals surface area contributed by atoms with Crippen molar-refractivity contribution in [1.29, 1.82) is 0 Å². The number of hydrogen-bond donors (Lipinski definition) is 1. The first-order chi connectivity index (χ1) is 7.25. The van der Waals surface area contributed by atoms with E-state index in [4.69, 9.17) is 4.74 Å². The largest absolute Gasteiger partial charge is 0.493 e. The quantitative estimate of drug-likeness (QED) is 0.844. The summed E-state index contributed by atoms with van der Waals surface area (Å²) in [5, 5.41) is 3.35. The lowest BCUT2D eigenvalue weighted by Gasteiger charge is -2.12. The second-order valence-corrected chi connectivity index (χ2v) is 5.33. The molecule has 0 amide bonds. The lowest BCUT2D eigenvalue weighted by molar-refractivity contribution is 0.258. The van der Waals surface area contributed by atoms with E-state index in [1.165, 1.54) is 15.6 Å². The van der Waals surface area contributed by atoms with Crippen LogP contribution in [0.5, 0.6) is 5.75 Å². The highest BCUT2D eigenvalue weighted by atomic mass is 127. The van der Waals surface area contributed by atoms with Crippen LogP contribution < -0.4 is 10.1 Å². The zero-order chi connectivity index (χ0) is 10.7. The molecule has 0 radical (unpaired) electrons. The van der Waals surface area contributed by atoms with Gasteiger partial charge in [0.2, 0.25) is 0 Å². The van der Waals surface area contributed by atoms with E-state index in [0.29, 0.717) is 5.92 Å². The van der Waals surface area contributed by atoms with Gasteiger partial charge in [0.1, 0.15) is 5.75 Å². The molecule has 0 bridgehead atoms. The highest BCUT2D eigenvalue weighted by Gasteiger charge is 2.15. The summed E-state index contributed by atoms with van der Waals surface area (Å²) in [5.41, 5.74) is 1.23. The molecule has 2 rings (SSSR count). The number of aryl methyl sites for hydroxylation is 1. The van der Waals surface area contributed by atoms with Crippen LogP contribution in [-0.4, -0.2) is 19.7 Å². The average molecular weight is 354 g/mol. The zero-order valence-corrected chi connectivity index (χ0v) is 12.3. The molecule has 0 aromatic heterocycles. The van der Waals surface area contributed by atoms with Gasteiger partial charge in [-0.05, 0) is 66.2 Å². The summed E-state index contributed by atoms with van der Waals surface area (Å²) in [5.74, 6) is 1.71. The Hall–Kier alpha value is -0.0000000000000000555. The van der Waals surface area contributed by atoms with Crippen LogP contribution in [-0.2, 0) is 0 Å². The van der Waals surface area contributed by atoms with Crippen molar-refractivity contribution in [3.63, 3.8) is 0 Å². The van der Waals surface area contributed by atoms with Gasteiger partial charge >= 0.3 is 0 Å².